The van der Waals surface area contributed by atoms with Crippen LogP contribution in [0.15, 0.2) is 54.7 Å². The number of hydrogen-bond donors (Lipinski definition) is 1. The van der Waals surface area contributed by atoms with Crippen molar-refractivity contribution in [3.63, 3.8) is 0 Å². The molecule has 0 amide bonds. The fraction of sp³-hybridized carbons (Fsp3) is 0.385. The first-order valence-corrected chi connectivity index (χ1v) is 17.1. The first-order chi connectivity index (χ1) is 23.9. The Morgan fingerprint density at radius 1 is 1.02 bits per heavy atom. The first kappa shape index (κ1) is 33.6. The molecule has 2 aliphatic rings. The molecule has 0 aliphatic carbocycles. The Balaban J connectivity index is 1.38. The van der Waals surface area contributed by atoms with Crippen molar-refractivity contribution >= 4 is 17.4 Å². The van der Waals surface area contributed by atoms with E-state index in [0.29, 0.717) is 46.9 Å². The van der Waals surface area contributed by atoms with E-state index in [1.807, 2.05) is 37.4 Å². The molecule has 7 rings (SSSR count). The lowest BCUT2D eigenvalue weighted by molar-refractivity contribution is -0.160. The van der Waals surface area contributed by atoms with Gasteiger partial charge in [-0.05, 0) is 95.5 Å². The van der Waals surface area contributed by atoms with Gasteiger partial charge in [0.1, 0.15) is 5.82 Å². The standard InChI is InChI=1S/C39H43FN6O4/c1-23-28-11-8-18-49-36(28)30(40)21-29(23)35-34(37(38(47)48)50-39(3,4)5)24(2)42-33-22-31(43-46(33)35)27-10-7-9-25(19-27)26-12-13-41-32(20-26)45-16-14-44(6)15-17-45/h7,9-10,12-13,19-22,37H,8,11,14-18H2,1-6H3,(H,47,48). The highest BCUT2D eigenvalue weighted by molar-refractivity contribution is 5.83. The molecule has 1 saturated heterocycles. The summed E-state index contributed by atoms with van der Waals surface area (Å²) in [5.74, 6) is -0.454. The summed E-state index contributed by atoms with van der Waals surface area (Å²) in [6.07, 6.45) is 1.88. The van der Waals surface area contributed by atoms with E-state index in [-0.39, 0.29) is 5.75 Å². The molecule has 50 heavy (non-hydrogen) atoms. The molecule has 1 N–H and O–H groups in total. The van der Waals surface area contributed by atoms with Crippen LogP contribution in [-0.4, -0.2) is 81.0 Å². The number of halogens is 1. The van der Waals surface area contributed by atoms with Crippen LogP contribution in [0.4, 0.5) is 10.2 Å². The Bertz CT molecular complexity index is 2100. The van der Waals surface area contributed by atoms with Crippen LogP contribution in [0.5, 0.6) is 5.75 Å². The molecule has 2 aliphatic heterocycles. The number of anilines is 1. The van der Waals surface area contributed by atoms with Crippen molar-refractivity contribution in [3.8, 4) is 39.4 Å². The summed E-state index contributed by atoms with van der Waals surface area (Å²) in [6.45, 7) is 13.4. The molecule has 1 unspecified atom stereocenters. The van der Waals surface area contributed by atoms with Gasteiger partial charge in [0.15, 0.2) is 23.3 Å². The lowest BCUT2D eigenvalue weighted by atomic mass is 9.91. The number of nitrogens with zero attached hydrogens (tertiary/aromatic N) is 6. The minimum atomic E-state index is -1.38. The van der Waals surface area contributed by atoms with Gasteiger partial charge in [0, 0.05) is 66.4 Å². The van der Waals surface area contributed by atoms with E-state index < -0.39 is 23.5 Å². The highest BCUT2D eigenvalue weighted by atomic mass is 19.1. The Morgan fingerprint density at radius 2 is 1.76 bits per heavy atom. The van der Waals surface area contributed by atoms with Crippen molar-refractivity contribution in [2.75, 3.05) is 44.7 Å². The summed E-state index contributed by atoms with van der Waals surface area (Å²) in [5, 5.41) is 15.6. The van der Waals surface area contributed by atoms with E-state index in [4.69, 9.17) is 19.6 Å². The van der Waals surface area contributed by atoms with Crippen LogP contribution in [0.2, 0.25) is 0 Å². The zero-order valence-corrected chi connectivity index (χ0v) is 29.5. The molecule has 260 valence electrons. The number of aromatic nitrogens is 4. The number of carboxylic acids is 1. The molecule has 5 heterocycles. The third-order valence-electron chi connectivity index (χ3n) is 9.54. The summed E-state index contributed by atoms with van der Waals surface area (Å²) in [4.78, 5) is 27.0. The molecular formula is C39H43FN6O4. The molecule has 1 fully saturated rings. The van der Waals surface area contributed by atoms with Gasteiger partial charge in [-0.1, -0.05) is 18.2 Å². The monoisotopic (exact) mass is 678 g/mol. The lowest BCUT2D eigenvalue weighted by Crippen LogP contribution is -2.44. The van der Waals surface area contributed by atoms with Crippen LogP contribution in [0, 0.1) is 19.7 Å². The van der Waals surface area contributed by atoms with Crippen molar-refractivity contribution in [2.24, 2.45) is 0 Å². The second-order valence-electron chi connectivity index (χ2n) is 14.3. The number of aryl methyl sites for hydroxylation is 1. The third kappa shape index (κ3) is 6.43. The molecule has 0 radical (unpaired) electrons. The average Bonchev–Trinajstić information content (AvgIpc) is 3.52. The zero-order chi connectivity index (χ0) is 35.3. The molecule has 0 saturated carbocycles. The number of aliphatic carboxylic acids is 1. The van der Waals surface area contributed by atoms with E-state index in [0.717, 1.165) is 66.2 Å². The number of ether oxygens (including phenoxy) is 2. The second-order valence-corrected chi connectivity index (χ2v) is 14.3. The topological polar surface area (TPSA) is 105 Å². The van der Waals surface area contributed by atoms with Crippen LogP contribution in [0.25, 0.3) is 39.3 Å². The van der Waals surface area contributed by atoms with Gasteiger partial charge in [-0.2, -0.15) is 5.10 Å². The zero-order valence-electron chi connectivity index (χ0n) is 29.5. The number of fused-ring (bicyclic) bond motifs is 2. The van der Waals surface area contributed by atoms with Gasteiger partial charge in [-0.25, -0.2) is 23.7 Å². The van der Waals surface area contributed by atoms with Crippen molar-refractivity contribution in [1.29, 1.82) is 0 Å². The molecule has 1 atom stereocenters. The van der Waals surface area contributed by atoms with Gasteiger partial charge >= 0.3 is 5.97 Å². The molecule has 5 aromatic rings. The summed E-state index contributed by atoms with van der Waals surface area (Å²) >= 11 is 0. The van der Waals surface area contributed by atoms with Crippen molar-refractivity contribution in [2.45, 2.75) is 59.2 Å². The highest BCUT2D eigenvalue weighted by Crippen LogP contribution is 2.42. The quantitative estimate of drug-likeness (QED) is 0.197. The Kier molecular flexibility index (Phi) is 8.81. The van der Waals surface area contributed by atoms with Crippen LogP contribution < -0.4 is 9.64 Å². The van der Waals surface area contributed by atoms with Crippen molar-refractivity contribution in [3.05, 3.63) is 82.9 Å². The number of pyridine rings is 1. The largest absolute Gasteiger partial charge is 0.490 e. The van der Waals surface area contributed by atoms with Crippen molar-refractivity contribution in [1.82, 2.24) is 24.5 Å². The van der Waals surface area contributed by atoms with Gasteiger partial charge < -0.3 is 24.4 Å². The van der Waals surface area contributed by atoms with Crippen LogP contribution in [0.3, 0.4) is 0 Å². The minimum absolute atomic E-state index is 0.256. The second kappa shape index (κ2) is 13.1. The SMILES string of the molecule is Cc1nc2cc(-c3cccc(-c4ccnc(N5CCN(C)CC5)c4)c3)nn2c(-c2cc(F)c3c(c2C)CCCO3)c1C(OC(C)(C)C)C(=O)O. The molecule has 0 bridgehead atoms. The number of rotatable bonds is 7. The fourth-order valence-corrected chi connectivity index (χ4v) is 7.00. The Morgan fingerprint density at radius 3 is 2.50 bits per heavy atom. The molecule has 10 nitrogen and oxygen atoms in total. The predicted molar refractivity (Wildman–Crippen MR) is 191 cm³/mol. The maximum Gasteiger partial charge on any atom is 0.337 e. The van der Waals surface area contributed by atoms with Gasteiger partial charge in [0.25, 0.3) is 0 Å². The van der Waals surface area contributed by atoms with E-state index in [1.165, 1.54) is 6.07 Å². The predicted octanol–water partition coefficient (Wildman–Crippen LogP) is 6.90. The summed E-state index contributed by atoms with van der Waals surface area (Å²) in [6, 6.07) is 15.6. The highest BCUT2D eigenvalue weighted by Gasteiger charge is 2.34. The van der Waals surface area contributed by atoms with Crippen LogP contribution in [-0.2, 0) is 16.0 Å². The first-order valence-electron chi connectivity index (χ1n) is 17.1. The smallest absolute Gasteiger partial charge is 0.337 e. The van der Waals surface area contributed by atoms with E-state index in [9.17, 15) is 9.90 Å². The van der Waals surface area contributed by atoms with Gasteiger partial charge in [-0.3, -0.25) is 0 Å². The maximum absolute atomic E-state index is 15.8. The van der Waals surface area contributed by atoms with Crippen LogP contribution >= 0.6 is 0 Å². The van der Waals surface area contributed by atoms with E-state index >= 15 is 4.39 Å². The number of likely N-dealkylation sites (N-methyl/N-ethyl adjacent to an activating group) is 1. The number of carbonyl (C=O) groups is 1. The Hall–Kier alpha value is -4.87. The number of piperazine rings is 1. The lowest BCUT2D eigenvalue weighted by Gasteiger charge is -2.33. The van der Waals surface area contributed by atoms with Gasteiger partial charge in [-0.15, -0.1) is 0 Å². The van der Waals surface area contributed by atoms with Crippen molar-refractivity contribution < 1.29 is 23.8 Å². The number of carboxylic acid groups (broad SMARTS) is 1. The molecular weight excluding hydrogens is 635 g/mol. The molecule has 0 spiro atoms. The number of benzene rings is 2. The minimum Gasteiger partial charge on any atom is -0.490 e. The molecule has 11 heteroatoms. The normalized spacial score (nSPS) is 15.9. The summed E-state index contributed by atoms with van der Waals surface area (Å²) in [5.41, 5.74) is 6.62. The summed E-state index contributed by atoms with van der Waals surface area (Å²) in [7, 11) is 2.14. The average molecular weight is 679 g/mol. The Labute approximate surface area is 291 Å². The van der Waals surface area contributed by atoms with E-state index in [1.54, 1.807) is 32.2 Å². The third-order valence-corrected chi connectivity index (χ3v) is 9.54. The maximum atomic E-state index is 15.8. The number of hydrogen-bond acceptors (Lipinski definition) is 8. The van der Waals surface area contributed by atoms with Gasteiger partial charge in [0.05, 0.1) is 23.6 Å². The fourth-order valence-electron chi connectivity index (χ4n) is 7.00. The van der Waals surface area contributed by atoms with E-state index in [2.05, 4.69) is 40.0 Å². The molecule has 3 aromatic heterocycles. The molecule has 2 aromatic carbocycles. The van der Waals surface area contributed by atoms with Crippen LogP contribution in [0.1, 0.15) is 55.7 Å². The van der Waals surface area contributed by atoms with Gasteiger partial charge in [0.2, 0.25) is 0 Å². The summed E-state index contributed by atoms with van der Waals surface area (Å²) < 4.78 is 29.3.